The number of carbonyl (C=O) groups is 1. The Morgan fingerprint density at radius 3 is 2.77 bits per heavy atom. The molecule has 1 aliphatic heterocycles. The third kappa shape index (κ3) is 5.19. The minimum Gasteiger partial charge on any atom is -0.383 e. The number of halogens is 1. The molecule has 3 rings (SSSR count). The Morgan fingerprint density at radius 2 is 2.12 bits per heavy atom. The van der Waals surface area contributed by atoms with Gasteiger partial charge in [0, 0.05) is 17.6 Å². The number of aromatic nitrogens is 1. The second kappa shape index (κ2) is 8.05. The van der Waals surface area contributed by atoms with Gasteiger partial charge in [-0.1, -0.05) is 23.7 Å². The SMILES string of the molecule is O=C(NC1CCS(=O)(=O)C1)c1ccc(NCCc2cccc(Cl)c2)cn1. The quantitative estimate of drug-likeness (QED) is 0.786. The molecule has 2 N–H and O–H groups in total. The van der Waals surface area contributed by atoms with E-state index in [9.17, 15) is 13.2 Å². The third-order valence-corrected chi connectivity index (χ3v) is 6.20. The van der Waals surface area contributed by atoms with Gasteiger partial charge in [0.25, 0.3) is 5.91 Å². The van der Waals surface area contributed by atoms with Crippen molar-refractivity contribution < 1.29 is 13.2 Å². The Kier molecular flexibility index (Phi) is 5.78. The molecule has 1 atom stereocenters. The zero-order chi connectivity index (χ0) is 18.6. The summed E-state index contributed by atoms with van der Waals surface area (Å²) in [6.07, 6.45) is 2.87. The minimum absolute atomic E-state index is 0.00187. The zero-order valence-corrected chi connectivity index (χ0v) is 15.7. The first-order valence-electron chi connectivity index (χ1n) is 8.37. The summed E-state index contributed by atoms with van der Waals surface area (Å²) in [5, 5.41) is 6.69. The maximum Gasteiger partial charge on any atom is 0.270 e. The lowest BCUT2D eigenvalue weighted by Gasteiger charge is -2.11. The lowest BCUT2D eigenvalue weighted by Crippen LogP contribution is -2.36. The van der Waals surface area contributed by atoms with Gasteiger partial charge in [-0.15, -0.1) is 0 Å². The molecule has 0 radical (unpaired) electrons. The summed E-state index contributed by atoms with van der Waals surface area (Å²) in [7, 11) is -3.02. The van der Waals surface area contributed by atoms with Crippen molar-refractivity contribution in [3.63, 3.8) is 0 Å². The fourth-order valence-electron chi connectivity index (χ4n) is 2.84. The maximum absolute atomic E-state index is 12.2. The number of benzene rings is 1. The summed E-state index contributed by atoms with van der Waals surface area (Å²) in [5.74, 6) is -0.222. The van der Waals surface area contributed by atoms with Crippen molar-refractivity contribution in [1.29, 1.82) is 0 Å². The zero-order valence-electron chi connectivity index (χ0n) is 14.1. The molecule has 1 aliphatic rings. The summed E-state index contributed by atoms with van der Waals surface area (Å²) in [6, 6.07) is 10.8. The predicted molar refractivity (Wildman–Crippen MR) is 102 cm³/mol. The number of hydrogen-bond acceptors (Lipinski definition) is 5. The fourth-order valence-corrected chi connectivity index (χ4v) is 4.73. The molecule has 6 nitrogen and oxygen atoms in total. The average molecular weight is 394 g/mol. The molecular weight excluding hydrogens is 374 g/mol. The fraction of sp³-hybridized carbons (Fsp3) is 0.333. The summed E-state index contributed by atoms with van der Waals surface area (Å²) < 4.78 is 22.9. The van der Waals surface area contributed by atoms with Crippen LogP contribution in [0.15, 0.2) is 42.6 Å². The maximum atomic E-state index is 12.2. The van der Waals surface area contributed by atoms with Crippen LogP contribution in [-0.2, 0) is 16.3 Å². The van der Waals surface area contributed by atoms with E-state index in [4.69, 9.17) is 11.6 Å². The molecule has 0 bridgehead atoms. The van der Waals surface area contributed by atoms with Gasteiger partial charge in [0.05, 0.1) is 23.4 Å². The summed E-state index contributed by atoms with van der Waals surface area (Å²) in [5.41, 5.74) is 2.22. The Morgan fingerprint density at radius 1 is 1.27 bits per heavy atom. The second-order valence-corrected chi connectivity index (χ2v) is 8.98. The van der Waals surface area contributed by atoms with Crippen LogP contribution in [0.2, 0.25) is 5.02 Å². The van der Waals surface area contributed by atoms with Gasteiger partial charge < -0.3 is 10.6 Å². The lowest BCUT2D eigenvalue weighted by molar-refractivity contribution is 0.0936. The number of nitrogens with one attached hydrogen (secondary N) is 2. The van der Waals surface area contributed by atoms with E-state index < -0.39 is 9.84 Å². The molecule has 2 aromatic rings. The van der Waals surface area contributed by atoms with Gasteiger partial charge in [0.1, 0.15) is 5.69 Å². The van der Waals surface area contributed by atoms with E-state index in [2.05, 4.69) is 15.6 Å². The highest BCUT2D eigenvalue weighted by Crippen LogP contribution is 2.13. The molecule has 1 aromatic carbocycles. The van der Waals surface area contributed by atoms with Crippen LogP contribution < -0.4 is 10.6 Å². The molecule has 138 valence electrons. The topological polar surface area (TPSA) is 88.2 Å². The number of amides is 1. The highest BCUT2D eigenvalue weighted by Gasteiger charge is 2.29. The van der Waals surface area contributed by atoms with Crippen molar-refractivity contribution in [2.24, 2.45) is 0 Å². The molecule has 8 heteroatoms. The van der Waals surface area contributed by atoms with Gasteiger partial charge in [-0.2, -0.15) is 0 Å². The van der Waals surface area contributed by atoms with E-state index >= 15 is 0 Å². The van der Waals surface area contributed by atoms with Crippen molar-refractivity contribution in [3.05, 3.63) is 58.9 Å². The number of hydrogen-bond donors (Lipinski definition) is 2. The normalized spacial score (nSPS) is 18.4. The summed E-state index contributed by atoms with van der Waals surface area (Å²) >= 11 is 5.96. The van der Waals surface area contributed by atoms with Crippen molar-refractivity contribution in [2.45, 2.75) is 18.9 Å². The van der Waals surface area contributed by atoms with Crippen LogP contribution in [0.1, 0.15) is 22.5 Å². The van der Waals surface area contributed by atoms with Crippen LogP contribution in [0.5, 0.6) is 0 Å². The van der Waals surface area contributed by atoms with Crippen molar-refractivity contribution >= 4 is 33.0 Å². The minimum atomic E-state index is -3.02. The molecule has 2 heterocycles. The van der Waals surface area contributed by atoms with Gasteiger partial charge in [-0.25, -0.2) is 13.4 Å². The van der Waals surface area contributed by atoms with Crippen molar-refractivity contribution in [2.75, 3.05) is 23.4 Å². The Bertz CT molecular complexity index is 885. The van der Waals surface area contributed by atoms with E-state index in [1.807, 2.05) is 24.3 Å². The van der Waals surface area contributed by atoms with Gasteiger partial charge in [-0.3, -0.25) is 4.79 Å². The molecule has 1 amide bonds. The highest BCUT2D eigenvalue weighted by atomic mass is 35.5. The van der Waals surface area contributed by atoms with E-state index in [-0.39, 0.29) is 29.1 Å². The predicted octanol–water partition coefficient (Wildman–Crippen LogP) is 2.31. The summed E-state index contributed by atoms with van der Waals surface area (Å²) in [4.78, 5) is 16.3. The molecule has 1 fully saturated rings. The lowest BCUT2D eigenvalue weighted by atomic mass is 10.1. The molecule has 1 saturated heterocycles. The number of carbonyl (C=O) groups excluding carboxylic acids is 1. The van der Waals surface area contributed by atoms with Crippen molar-refractivity contribution in [1.82, 2.24) is 10.3 Å². The molecule has 0 aliphatic carbocycles. The molecule has 1 unspecified atom stereocenters. The Hall–Kier alpha value is -2.12. The Balaban J connectivity index is 1.49. The molecule has 0 saturated carbocycles. The van der Waals surface area contributed by atoms with Gasteiger partial charge in [0.15, 0.2) is 9.84 Å². The monoisotopic (exact) mass is 393 g/mol. The highest BCUT2D eigenvalue weighted by molar-refractivity contribution is 7.91. The largest absolute Gasteiger partial charge is 0.383 e. The smallest absolute Gasteiger partial charge is 0.270 e. The van der Waals surface area contributed by atoms with Crippen molar-refractivity contribution in [3.8, 4) is 0 Å². The van der Waals surface area contributed by atoms with Crippen LogP contribution in [-0.4, -0.2) is 43.4 Å². The number of pyridine rings is 1. The van der Waals surface area contributed by atoms with Gasteiger partial charge >= 0.3 is 0 Å². The molecular formula is C18H20ClN3O3S. The first kappa shape index (κ1) is 18.7. The number of rotatable bonds is 6. The Labute approximate surface area is 157 Å². The molecule has 0 spiro atoms. The standard InChI is InChI=1S/C18H20ClN3O3S/c19-14-3-1-2-13(10-14)6-8-20-15-4-5-17(21-11-15)18(23)22-16-7-9-26(24,25)12-16/h1-5,10-11,16,20H,6-9,12H2,(H,22,23). The van der Waals surface area contributed by atoms with Crippen LogP contribution in [0, 0.1) is 0 Å². The third-order valence-electron chi connectivity index (χ3n) is 4.20. The van der Waals surface area contributed by atoms with Gasteiger partial charge in [-0.05, 0) is 42.7 Å². The molecule has 1 aromatic heterocycles. The van der Waals surface area contributed by atoms with E-state index in [0.29, 0.717) is 13.0 Å². The van der Waals surface area contributed by atoms with E-state index in [1.165, 1.54) is 0 Å². The van der Waals surface area contributed by atoms with E-state index in [0.717, 1.165) is 22.7 Å². The van der Waals surface area contributed by atoms with Gasteiger partial charge in [0.2, 0.25) is 0 Å². The first-order valence-corrected chi connectivity index (χ1v) is 10.6. The number of anilines is 1. The average Bonchev–Trinajstić information content (AvgIpc) is 2.94. The number of sulfone groups is 1. The van der Waals surface area contributed by atoms with Crippen LogP contribution >= 0.6 is 11.6 Å². The van der Waals surface area contributed by atoms with Crippen LogP contribution in [0.3, 0.4) is 0 Å². The molecule has 26 heavy (non-hydrogen) atoms. The van der Waals surface area contributed by atoms with Crippen LogP contribution in [0.25, 0.3) is 0 Å². The summed E-state index contributed by atoms with van der Waals surface area (Å²) in [6.45, 7) is 0.716. The van der Waals surface area contributed by atoms with Crippen LogP contribution in [0.4, 0.5) is 5.69 Å². The second-order valence-electron chi connectivity index (χ2n) is 6.31. The number of nitrogens with zero attached hydrogens (tertiary/aromatic N) is 1. The van der Waals surface area contributed by atoms with E-state index in [1.54, 1.807) is 18.3 Å². The first-order chi connectivity index (χ1) is 12.4.